The fourth-order valence-electron chi connectivity index (χ4n) is 4.51. The second-order valence-corrected chi connectivity index (χ2v) is 12.8. The molecule has 0 saturated carbocycles. The van der Waals surface area contributed by atoms with Gasteiger partial charge in [0.1, 0.15) is 24.1 Å². The Balaban J connectivity index is 2.14. The van der Waals surface area contributed by atoms with E-state index in [9.17, 15) is 18.0 Å². The normalized spacial score (nSPS) is 11.7. The van der Waals surface area contributed by atoms with Crippen molar-refractivity contribution in [2.75, 3.05) is 45.8 Å². The Bertz CT molecular complexity index is 1570. The van der Waals surface area contributed by atoms with Crippen LogP contribution in [-0.2, 0) is 26.2 Å². The number of rotatable bonds is 16. The second kappa shape index (κ2) is 16.4. The lowest BCUT2D eigenvalue weighted by atomic mass is 10.1. The van der Waals surface area contributed by atoms with Gasteiger partial charge in [0, 0.05) is 29.7 Å². The SMILES string of the molecule is CCCCNC(=O)C(C)N(Cc1ccc(Br)cc1)C(=O)CN(c1cc(OC)ccc1OC)S(=O)(=O)c1ccc(OC)c(OC)c1. The Kier molecular flexibility index (Phi) is 12.9. The molecule has 3 aromatic rings. The van der Waals surface area contributed by atoms with E-state index in [1.165, 1.54) is 57.6 Å². The fourth-order valence-corrected chi connectivity index (χ4v) is 6.21. The summed E-state index contributed by atoms with van der Waals surface area (Å²) < 4.78 is 52.1. The number of amides is 2. The van der Waals surface area contributed by atoms with E-state index in [1.807, 2.05) is 31.2 Å². The van der Waals surface area contributed by atoms with Crippen molar-refractivity contribution in [3.8, 4) is 23.0 Å². The molecule has 0 bridgehead atoms. The number of nitrogens with one attached hydrogen (secondary N) is 1. The van der Waals surface area contributed by atoms with Gasteiger partial charge in [-0.25, -0.2) is 8.42 Å². The van der Waals surface area contributed by atoms with Crippen LogP contribution < -0.4 is 28.6 Å². The Hall–Kier alpha value is -3.97. The maximum absolute atomic E-state index is 14.4. The van der Waals surface area contributed by atoms with Gasteiger partial charge in [0.05, 0.1) is 39.0 Å². The minimum atomic E-state index is -4.43. The Morgan fingerprint density at radius 3 is 2.11 bits per heavy atom. The van der Waals surface area contributed by atoms with Crippen LogP contribution in [0, 0.1) is 0 Å². The largest absolute Gasteiger partial charge is 0.497 e. The van der Waals surface area contributed by atoms with Crippen LogP contribution in [0.4, 0.5) is 5.69 Å². The van der Waals surface area contributed by atoms with Crippen molar-refractivity contribution in [3.05, 3.63) is 70.7 Å². The van der Waals surface area contributed by atoms with Crippen LogP contribution in [0.2, 0.25) is 0 Å². The third-order valence-corrected chi connectivity index (χ3v) is 9.42. The summed E-state index contributed by atoms with van der Waals surface area (Å²) in [7, 11) is 1.25. The van der Waals surface area contributed by atoms with Crippen LogP contribution in [0.1, 0.15) is 32.3 Å². The highest BCUT2D eigenvalue weighted by Gasteiger charge is 2.34. The first-order valence-corrected chi connectivity index (χ1v) is 16.5. The van der Waals surface area contributed by atoms with E-state index in [-0.39, 0.29) is 34.5 Å². The van der Waals surface area contributed by atoms with Gasteiger partial charge in [-0.1, -0.05) is 41.4 Å². The summed E-state index contributed by atoms with van der Waals surface area (Å²) >= 11 is 3.42. The smallest absolute Gasteiger partial charge is 0.265 e. The van der Waals surface area contributed by atoms with Crippen LogP contribution in [0.15, 0.2) is 70.0 Å². The molecule has 0 aromatic heterocycles. The lowest BCUT2D eigenvalue weighted by molar-refractivity contribution is -0.139. The van der Waals surface area contributed by atoms with Crippen LogP contribution >= 0.6 is 15.9 Å². The summed E-state index contributed by atoms with van der Waals surface area (Å²) in [6.45, 7) is 3.51. The Labute approximate surface area is 273 Å². The van der Waals surface area contributed by atoms with Crippen molar-refractivity contribution in [2.24, 2.45) is 0 Å². The first-order valence-electron chi connectivity index (χ1n) is 14.3. The van der Waals surface area contributed by atoms with E-state index in [0.29, 0.717) is 18.0 Å². The molecule has 0 aliphatic heterocycles. The average Bonchev–Trinajstić information content (AvgIpc) is 3.05. The number of anilines is 1. The van der Waals surface area contributed by atoms with E-state index >= 15 is 0 Å². The number of halogens is 1. The molecule has 45 heavy (non-hydrogen) atoms. The van der Waals surface area contributed by atoms with Gasteiger partial charge in [-0.3, -0.25) is 13.9 Å². The number of ether oxygens (including phenoxy) is 4. The maximum atomic E-state index is 14.4. The standard InChI is InChI=1S/C32H40BrN3O8S/c1-7-8-17-34-32(38)22(2)35(20-23-9-11-24(33)12-10-23)31(37)21-36(27-18-25(41-3)13-15-28(27)42-4)45(39,40)26-14-16-29(43-5)30(19-26)44-6/h9-16,18-19,22H,7-8,17,20-21H2,1-6H3,(H,34,38). The zero-order chi connectivity index (χ0) is 33.1. The molecule has 3 aromatic carbocycles. The van der Waals surface area contributed by atoms with Crippen molar-refractivity contribution in [2.45, 2.75) is 44.2 Å². The quantitative estimate of drug-likeness (QED) is 0.206. The monoisotopic (exact) mass is 705 g/mol. The van der Waals surface area contributed by atoms with Crippen LogP contribution in [0.25, 0.3) is 0 Å². The first-order chi connectivity index (χ1) is 21.5. The van der Waals surface area contributed by atoms with Gasteiger partial charge in [0.25, 0.3) is 10.0 Å². The van der Waals surface area contributed by atoms with Crippen LogP contribution in [-0.4, -0.2) is 72.7 Å². The number of benzene rings is 3. The molecular weight excluding hydrogens is 666 g/mol. The molecule has 11 nitrogen and oxygen atoms in total. The summed E-state index contributed by atoms with van der Waals surface area (Å²) in [5, 5.41) is 2.88. The molecule has 13 heteroatoms. The van der Waals surface area contributed by atoms with Gasteiger partial charge in [-0.2, -0.15) is 0 Å². The summed E-state index contributed by atoms with van der Waals surface area (Å²) in [5.41, 5.74) is 0.830. The molecule has 0 radical (unpaired) electrons. The van der Waals surface area contributed by atoms with Crippen LogP contribution in [0.5, 0.6) is 23.0 Å². The molecule has 2 amide bonds. The molecule has 1 atom stereocenters. The average molecular weight is 707 g/mol. The number of carbonyl (C=O) groups is 2. The molecule has 0 heterocycles. The van der Waals surface area contributed by atoms with E-state index in [0.717, 1.165) is 27.2 Å². The summed E-state index contributed by atoms with van der Waals surface area (Å²) in [5.74, 6) is 0.115. The van der Waals surface area contributed by atoms with E-state index in [1.54, 1.807) is 19.1 Å². The van der Waals surface area contributed by atoms with E-state index in [2.05, 4.69) is 21.2 Å². The van der Waals surface area contributed by atoms with Gasteiger partial charge in [-0.05, 0) is 55.3 Å². The highest BCUT2D eigenvalue weighted by Crippen LogP contribution is 2.37. The third kappa shape index (κ3) is 8.82. The van der Waals surface area contributed by atoms with Gasteiger partial charge in [-0.15, -0.1) is 0 Å². The van der Waals surface area contributed by atoms with Crippen LogP contribution in [0.3, 0.4) is 0 Å². The van der Waals surface area contributed by atoms with Crippen molar-refractivity contribution in [1.29, 1.82) is 0 Å². The minimum absolute atomic E-state index is 0.0635. The molecule has 1 N–H and O–H groups in total. The predicted octanol–water partition coefficient (Wildman–Crippen LogP) is 5.01. The fraction of sp³-hybridized carbons (Fsp3) is 0.375. The molecule has 0 spiro atoms. The molecule has 0 aliphatic carbocycles. The molecule has 0 aliphatic rings. The molecular formula is C32H40BrN3O8S. The van der Waals surface area contributed by atoms with E-state index < -0.39 is 28.5 Å². The number of nitrogens with zero attached hydrogens (tertiary/aromatic N) is 2. The first kappa shape index (κ1) is 35.5. The van der Waals surface area contributed by atoms with E-state index in [4.69, 9.17) is 18.9 Å². The highest BCUT2D eigenvalue weighted by molar-refractivity contribution is 9.10. The van der Waals surface area contributed by atoms with Gasteiger partial charge < -0.3 is 29.2 Å². The summed E-state index contributed by atoms with van der Waals surface area (Å²) in [6, 6.07) is 15.2. The molecule has 0 saturated heterocycles. The lowest BCUT2D eigenvalue weighted by Gasteiger charge is -2.32. The zero-order valence-electron chi connectivity index (χ0n) is 26.3. The van der Waals surface area contributed by atoms with Gasteiger partial charge in [0.2, 0.25) is 11.8 Å². The number of hydrogen-bond acceptors (Lipinski definition) is 8. The van der Waals surface area contributed by atoms with Crippen molar-refractivity contribution in [1.82, 2.24) is 10.2 Å². The number of hydrogen-bond donors (Lipinski definition) is 1. The molecule has 3 rings (SSSR count). The zero-order valence-corrected chi connectivity index (χ0v) is 28.7. The lowest BCUT2D eigenvalue weighted by Crippen LogP contribution is -2.51. The highest BCUT2D eigenvalue weighted by atomic mass is 79.9. The number of unbranched alkanes of at least 4 members (excludes halogenated alkanes) is 1. The Morgan fingerprint density at radius 1 is 0.867 bits per heavy atom. The van der Waals surface area contributed by atoms with Crippen molar-refractivity contribution >= 4 is 43.5 Å². The van der Waals surface area contributed by atoms with Crippen molar-refractivity contribution < 1.29 is 37.0 Å². The molecule has 1 unspecified atom stereocenters. The molecule has 0 fully saturated rings. The van der Waals surface area contributed by atoms with Gasteiger partial charge >= 0.3 is 0 Å². The summed E-state index contributed by atoms with van der Waals surface area (Å²) in [6.07, 6.45) is 1.67. The maximum Gasteiger partial charge on any atom is 0.265 e. The summed E-state index contributed by atoms with van der Waals surface area (Å²) in [4.78, 5) is 28.7. The predicted molar refractivity (Wildman–Crippen MR) is 176 cm³/mol. The number of methoxy groups -OCH3 is 4. The molecule has 244 valence electrons. The third-order valence-electron chi connectivity index (χ3n) is 7.14. The van der Waals surface area contributed by atoms with Gasteiger partial charge in [0.15, 0.2) is 11.5 Å². The van der Waals surface area contributed by atoms with Crippen molar-refractivity contribution in [3.63, 3.8) is 0 Å². The minimum Gasteiger partial charge on any atom is -0.497 e. The second-order valence-electron chi connectivity index (χ2n) is 10.0. The number of sulfonamides is 1. The topological polar surface area (TPSA) is 124 Å². The number of carbonyl (C=O) groups excluding carboxylic acids is 2. The Morgan fingerprint density at radius 2 is 1.51 bits per heavy atom.